The van der Waals surface area contributed by atoms with E-state index in [4.69, 9.17) is 0 Å². The number of para-hydroxylation sites is 1. The molecule has 7 heteroatoms. The molecule has 0 unspecified atom stereocenters. The van der Waals surface area contributed by atoms with E-state index in [0.717, 1.165) is 0 Å². The molecule has 3 aromatic rings. The van der Waals surface area contributed by atoms with Gasteiger partial charge in [-0.2, -0.15) is 0 Å². The molecule has 3 rings (SSSR count). The Kier molecular flexibility index (Phi) is 4.79. The number of rotatable bonds is 4. The van der Waals surface area contributed by atoms with Gasteiger partial charge in [0.15, 0.2) is 0 Å². The van der Waals surface area contributed by atoms with Crippen molar-refractivity contribution in [3.8, 4) is 5.69 Å². The Bertz CT molecular complexity index is 1020. The van der Waals surface area contributed by atoms with Crippen LogP contribution in [0.2, 0.25) is 0 Å². The van der Waals surface area contributed by atoms with Gasteiger partial charge in [-0.25, -0.2) is 9.78 Å². The summed E-state index contributed by atoms with van der Waals surface area (Å²) in [6.07, 6.45) is 1.46. The van der Waals surface area contributed by atoms with Crippen LogP contribution in [-0.2, 0) is 9.53 Å². The topological polar surface area (TPSA) is 90.3 Å². The third-order valence-electron chi connectivity index (χ3n) is 3.98. The number of carbonyl (C=O) groups is 2. The molecule has 1 aromatic heterocycles. The van der Waals surface area contributed by atoms with Gasteiger partial charge in [0.25, 0.3) is 11.5 Å². The Morgan fingerprint density at radius 2 is 1.81 bits per heavy atom. The summed E-state index contributed by atoms with van der Waals surface area (Å²) in [7, 11) is 1.26. The van der Waals surface area contributed by atoms with E-state index in [1.807, 2.05) is 6.07 Å². The molecule has 7 nitrogen and oxygen atoms in total. The number of hydrogen-bond donors (Lipinski definition) is 1. The second-order valence-corrected chi connectivity index (χ2v) is 5.70. The molecule has 1 atom stereocenters. The number of carbonyl (C=O) groups excluding carboxylic acids is 2. The van der Waals surface area contributed by atoms with Crippen molar-refractivity contribution in [3.63, 3.8) is 0 Å². The first-order valence-electron chi connectivity index (χ1n) is 7.97. The lowest BCUT2D eigenvalue weighted by atomic mass is 10.1. The Hall–Kier alpha value is -3.48. The minimum Gasteiger partial charge on any atom is -0.467 e. The van der Waals surface area contributed by atoms with Crippen LogP contribution >= 0.6 is 0 Å². The maximum absolute atomic E-state index is 12.6. The van der Waals surface area contributed by atoms with Crippen molar-refractivity contribution in [2.45, 2.75) is 13.0 Å². The first-order valence-corrected chi connectivity index (χ1v) is 7.97. The predicted molar refractivity (Wildman–Crippen MR) is 96.3 cm³/mol. The third kappa shape index (κ3) is 3.32. The lowest BCUT2D eigenvalue weighted by molar-refractivity contribution is -0.142. The lowest BCUT2D eigenvalue weighted by Crippen LogP contribution is -2.39. The normalized spacial score (nSPS) is 11.8. The number of nitrogens with zero attached hydrogens (tertiary/aromatic N) is 2. The fourth-order valence-corrected chi connectivity index (χ4v) is 2.54. The highest BCUT2D eigenvalue weighted by atomic mass is 16.5. The second kappa shape index (κ2) is 7.18. The van der Waals surface area contributed by atoms with E-state index >= 15 is 0 Å². The van der Waals surface area contributed by atoms with Gasteiger partial charge in [0.05, 0.1) is 23.7 Å². The number of amides is 1. The van der Waals surface area contributed by atoms with Crippen LogP contribution in [0, 0.1) is 0 Å². The zero-order valence-corrected chi connectivity index (χ0v) is 14.3. The van der Waals surface area contributed by atoms with Crippen LogP contribution in [0.1, 0.15) is 17.3 Å². The predicted octanol–water partition coefficient (Wildman–Crippen LogP) is 1.68. The molecule has 0 aliphatic carbocycles. The summed E-state index contributed by atoms with van der Waals surface area (Å²) in [5, 5.41) is 3.06. The number of ether oxygens (including phenoxy) is 1. The number of esters is 1. The molecule has 0 spiro atoms. The van der Waals surface area contributed by atoms with E-state index in [0.29, 0.717) is 22.2 Å². The van der Waals surface area contributed by atoms with E-state index in [1.54, 1.807) is 49.4 Å². The maximum Gasteiger partial charge on any atom is 0.328 e. The molecule has 1 N–H and O–H groups in total. The summed E-state index contributed by atoms with van der Waals surface area (Å²) in [5.74, 6) is -0.929. The van der Waals surface area contributed by atoms with Crippen LogP contribution in [-0.4, -0.2) is 34.6 Å². The molecule has 0 saturated carbocycles. The molecule has 0 fully saturated rings. The van der Waals surface area contributed by atoms with Crippen LogP contribution in [0.4, 0.5) is 0 Å². The lowest BCUT2D eigenvalue weighted by Gasteiger charge is -2.12. The Labute approximate surface area is 149 Å². The molecule has 0 bridgehead atoms. The summed E-state index contributed by atoms with van der Waals surface area (Å²) in [4.78, 5) is 40.4. The molecular formula is C19H17N3O4. The number of fused-ring (bicyclic) bond motifs is 1. The first-order chi connectivity index (χ1) is 12.5. The van der Waals surface area contributed by atoms with E-state index in [2.05, 4.69) is 15.0 Å². The molecule has 0 aliphatic rings. The zero-order chi connectivity index (χ0) is 18.7. The molecule has 0 aliphatic heterocycles. The van der Waals surface area contributed by atoms with Gasteiger partial charge in [-0.05, 0) is 43.3 Å². The summed E-state index contributed by atoms with van der Waals surface area (Å²) >= 11 is 0. The second-order valence-electron chi connectivity index (χ2n) is 5.70. The standard InChI is InChI=1S/C19H17N3O4/c1-12(19(25)26-2)21-17(23)13-7-9-14(10-8-13)22-11-20-16-6-4-3-5-15(16)18(22)24/h3-12H,1-2H3,(H,21,23)/t12-/m0/s1. The number of aromatic nitrogens is 2. The fourth-order valence-electron chi connectivity index (χ4n) is 2.54. The van der Waals surface area contributed by atoms with E-state index in [1.165, 1.54) is 18.0 Å². The van der Waals surface area contributed by atoms with Gasteiger partial charge in [0, 0.05) is 5.56 Å². The third-order valence-corrected chi connectivity index (χ3v) is 3.98. The van der Waals surface area contributed by atoms with Crippen molar-refractivity contribution in [2.75, 3.05) is 7.11 Å². The number of benzene rings is 2. The van der Waals surface area contributed by atoms with Crippen molar-refractivity contribution < 1.29 is 14.3 Å². The van der Waals surface area contributed by atoms with E-state index in [-0.39, 0.29) is 5.56 Å². The van der Waals surface area contributed by atoms with Crippen LogP contribution in [0.15, 0.2) is 59.7 Å². The Balaban J connectivity index is 1.86. The van der Waals surface area contributed by atoms with E-state index < -0.39 is 17.9 Å². The summed E-state index contributed by atoms with van der Waals surface area (Å²) in [6.45, 7) is 1.54. The molecule has 0 radical (unpaired) electrons. The largest absolute Gasteiger partial charge is 0.467 e. The van der Waals surface area contributed by atoms with Crippen molar-refractivity contribution in [1.82, 2.24) is 14.9 Å². The molecule has 1 heterocycles. The van der Waals surface area contributed by atoms with Gasteiger partial charge in [-0.15, -0.1) is 0 Å². The molecule has 0 saturated heterocycles. The summed E-state index contributed by atoms with van der Waals surface area (Å²) in [6, 6.07) is 12.8. The minimum atomic E-state index is -0.750. The van der Waals surface area contributed by atoms with Gasteiger partial charge < -0.3 is 10.1 Å². The van der Waals surface area contributed by atoms with Crippen LogP contribution in [0.5, 0.6) is 0 Å². The van der Waals surface area contributed by atoms with Gasteiger partial charge in [0.1, 0.15) is 12.4 Å². The van der Waals surface area contributed by atoms with Crippen LogP contribution in [0.25, 0.3) is 16.6 Å². The maximum atomic E-state index is 12.6. The van der Waals surface area contributed by atoms with Crippen molar-refractivity contribution in [3.05, 3.63) is 70.8 Å². The minimum absolute atomic E-state index is 0.188. The van der Waals surface area contributed by atoms with Gasteiger partial charge >= 0.3 is 5.97 Å². The zero-order valence-electron chi connectivity index (χ0n) is 14.3. The molecule has 132 valence electrons. The van der Waals surface area contributed by atoms with Gasteiger partial charge in [-0.3, -0.25) is 14.2 Å². The molecule has 2 aromatic carbocycles. The Morgan fingerprint density at radius 3 is 2.50 bits per heavy atom. The summed E-state index contributed by atoms with van der Waals surface area (Å²) < 4.78 is 5.99. The van der Waals surface area contributed by atoms with Crippen molar-refractivity contribution in [2.24, 2.45) is 0 Å². The van der Waals surface area contributed by atoms with Gasteiger partial charge in [-0.1, -0.05) is 12.1 Å². The van der Waals surface area contributed by atoms with Crippen LogP contribution in [0.3, 0.4) is 0 Å². The number of methoxy groups -OCH3 is 1. The van der Waals surface area contributed by atoms with Gasteiger partial charge in [0.2, 0.25) is 0 Å². The van der Waals surface area contributed by atoms with E-state index in [9.17, 15) is 14.4 Å². The SMILES string of the molecule is COC(=O)[C@H](C)NC(=O)c1ccc(-n2cnc3ccccc3c2=O)cc1. The highest BCUT2D eigenvalue weighted by Crippen LogP contribution is 2.11. The molecule has 1 amide bonds. The smallest absolute Gasteiger partial charge is 0.328 e. The number of hydrogen-bond acceptors (Lipinski definition) is 5. The van der Waals surface area contributed by atoms with Crippen LogP contribution < -0.4 is 10.9 Å². The highest BCUT2D eigenvalue weighted by Gasteiger charge is 2.17. The molecular weight excluding hydrogens is 334 g/mol. The average Bonchev–Trinajstić information content (AvgIpc) is 2.68. The average molecular weight is 351 g/mol. The quantitative estimate of drug-likeness (QED) is 0.722. The Morgan fingerprint density at radius 1 is 1.12 bits per heavy atom. The monoisotopic (exact) mass is 351 g/mol. The van der Waals surface area contributed by atoms with Crippen molar-refractivity contribution in [1.29, 1.82) is 0 Å². The number of nitrogens with one attached hydrogen (secondary N) is 1. The summed E-state index contributed by atoms with van der Waals surface area (Å²) in [5.41, 5.74) is 1.39. The van der Waals surface area contributed by atoms with Crippen molar-refractivity contribution >= 4 is 22.8 Å². The molecule has 26 heavy (non-hydrogen) atoms. The first kappa shape index (κ1) is 17.3. The highest BCUT2D eigenvalue weighted by molar-refractivity contribution is 5.96. The fraction of sp³-hybridized carbons (Fsp3) is 0.158.